The fourth-order valence-corrected chi connectivity index (χ4v) is 1.45. The highest BCUT2D eigenvalue weighted by Crippen LogP contribution is 2.20. The summed E-state index contributed by atoms with van der Waals surface area (Å²) in [6, 6.07) is 4.36. The van der Waals surface area contributed by atoms with Gasteiger partial charge in [-0.1, -0.05) is 26.0 Å². The van der Waals surface area contributed by atoms with Gasteiger partial charge < -0.3 is 15.5 Å². The molecular formula is C12H18FNO2. The van der Waals surface area contributed by atoms with Crippen LogP contribution in [-0.4, -0.2) is 22.9 Å². The Labute approximate surface area is 94.9 Å². The molecule has 1 atom stereocenters. The molecule has 16 heavy (non-hydrogen) atoms. The lowest BCUT2D eigenvalue weighted by atomic mass is 10.0. The SMILES string of the molecule is CC(C)C(CO)NCc1cccc(F)c1O. The zero-order valence-electron chi connectivity index (χ0n) is 9.57. The van der Waals surface area contributed by atoms with E-state index in [0.717, 1.165) is 0 Å². The average molecular weight is 227 g/mol. The molecular weight excluding hydrogens is 209 g/mol. The molecule has 90 valence electrons. The van der Waals surface area contributed by atoms with Gasteiger partial charge in [0.05, 0.1) is 6.61 Å². The van der Waals surface area contributed by atoms with Crippen molar-refractivity contribution >= 4 is 0 Å². The van der Waals surface area contributed by atoms with E-state index in [1.54, 1.807) is 12.1 Å². The molecule has 1 aromatic rings. The first-order valence-corrected chi connectivity index (χ1v) is 5.36. The third-order valence-electron chi connectivity index (χ3n) is 2.63. The third kappa shape index (κ3) is 3.18. The number of phenolic OH excluding ortho intramolecular Hbond substituents is 1. The van der Waals surface area contributed by atoms with E-state index in [-0.39, 0.29) is 24.3 Å². The van der Waals surface area contributed by atoms with Gasteiger partial charge in [-0.2, -0.15) is 0 Å². The summed E-state index contributed by atoms with van der Waals surface area (Å²) in [5, 5.41) is 21.6. The summed E-state index contributed by atoms with van der Waals surface area (Å²) in [6.45, 7) is 4.33. The summed E-state index contributed by atoms with van der Waals surface area (Å²) in [5.41, 5.74) is 0.499. The maximum atomic E-state index is 13.0. The quantitative estimate of drug-likeness (QED) is 0.716. The lowest BCUT2D eigenvalue weighted by Gasteiger charge is -2.20. The number of aromatic hydroxyl groups is 1. The maximum absolute atomic E-state index is 13.0. The Morgan fingerprint density at radius 2 is 2.06 bits per heavy atom. The average Bonchev–Trinajstić information content (AvgIpc) is 2.24. The normalized spacial score (nSPS) is 13.1. The Morgan fingerprint density at radius 1 is 1.38 bits per heavy atom. The Morgan fingerprint density at radius 3 is 2.62 bits per heavy atom. The summed E-state index contributed by atoms with van der Waals surface area (Å²) in [6.07, 6.45) is 0. The molecule has 0 heterocycles. The minimum Gasteiger partial charge on any atom is -0.505 e. The summed E-state index contributed by atoms with van der Waals surface area (Å²) in [5.74, 6) is -0.666. The molecule has 1 rings (SSSR count). The number of aliphatic hydroxyl groups excluding tert-OH is 1. The molecule has 0 amide bonds. The van der Waals surface area contributed by atoms with Gasteiger partial charge in [0.25, 0.3) is 0 Å². The van der Waals surface area contributed by atoms with Gasteiger partial charge in [-0.25, -0.2) is 4.39 Å². The Balaban J connectivity index is 2.64. The van der Waals surface area contributed by atoms with Gasteiger partial charge in [-0.15, -0.1) is 0 Å². The van der Waals surface area contributed by atoms with Crippen LogP contribution in [-0.2, 0) is 6.54 Å². The largest absolute Gasteiger partial charge is 0.505 e. The number of benzene rings is 1. The van der Waals surface area contributed by atoms with E-state index >= 15 is 0 Å². The summed E-state index contributed by atoms with van der Waals surface area (Å²) < 4.78 is 13.0. The lowest BCUT2D eigenvalue weighted by Crippen LogP contribution is -2.36. The van der Waals surface area contributed by atoms with Gasteiger partial charge >= 0.3 is 0 Å². The van der Waals surface area contributed by atoms with Gasteiger partial charge in [0.2, 0.25) is 0 Å². The van der Waals surface area contributed by atoms with E-state index in [1.807, 2.05) is 13.8 Å². The first-order chi connectivity index (χ1) is 7.56. The highest BCUT2D eigenvalue weighted by molar-refractivity contribution is 5.33. The molecule has 1 aromatic carbocycles. The van der Waals surface area contributed by atoms with Crippen molar-refractivity contribution in [2.75, 3.05) is 6.61 Å². The van der Waals surface area contributed by atoms with Crippen molar-refractivity contribution in [2.24, 2.45) is 5.92 Å². The van der Waals surface area contributed by atoms with E-state index in [0.29, 0.717) is 12.1 Å². The fraction of sp³-hybridized carbons (Fsp3) is 0.500. The van der Waals surface area contributed by atoms with Crippen molar-refractivity contribution in [3.8, 4) is 5.75 Å². The standard InChI is InChI=1S/C12H18FNO2/c1-8(2)11(7-15)14-6-9-4-3-5-10(13)12(9)16/h3-5,8,11,14-16H,6-7H2,1-2H3. The number of rotatable bonds is 5. The molecule has 0 radical (unpaired) electrons. The highest BCUT2D eigenvalue weighted by Gasteiger charge is 2.13. The lowest BCUT2D eigenvalue weighted by molar-refractivity contribution is 0.209. The molecule has 0 bridgehead atoms. The minimum absolute atomic E-state index is 0.0216. The van der Waals surface area contributed by atoms with Gasteiger partial charge in [-0.05, 0) is 12.0 Å². The zero-order chi connectivity index (χ0) is 12.1. The molecule has 0 saturated carbocycles. The summed E-state index contributed by atoms with van der Waals surface area (Å²) >= 11 is 0. The number of halogens is 1. The number of aliphatic hydroxyl groups is 1. The molecule has 4 heteroatoms. The highest BCUT2D eigenvalue weighted by atomic mass is 19.1. The second-order valence-corrected chi connectivity index (χ2v) is 4.16. The van der Waals surface area contributed by atoms with Crippen molar-refractivity contribution in [3.05, 3.63) is 29.6 Å². The number of hydrogen-bond donors (Lipinski definition) is 3. The van der Waals surface area contributed by atoms with Crippen LogP contribution in [0.1, 0.15) is 19.4 Å². The summed E-state index contributed by atoms with van der Waals surface area (Å²) in [4.78, 5) is 0. The van der Waals surface area contributed by atoms with Crippen molar-refractivity contribution < 1.29 is 14.6 Å². The van der Waals surface area contributed by atoms with Crippen molar-refractivity contribution in [1.29, 1.82) is 0 Å². The first kappa shape index (κ1) is 12.9. The van der Waals surface area contributed by atoms with Crippen LogP contribution in [0.4, 0.5) is 4.39 Å². The van der Waals surface area contributed by atoms with E-state index < -0.39 is 5.82 Å². The van der Waals surface area contributed by atoms with E-state index in [1.165, 1.54) is 6.07 Å². The number of phenols is 1. The maximum Gasteiger partial charge on any atom is 0.165 e. The van der Waals surface area contributed by atoms with E-state index in [2.05, 4.69) is 5.32 Å². The molecule has 0 fully saturated rings. The predicted molar refractivity (Wildman–Crippen MR) is 60.6 cm³/mol. The van der Waals surface area contributed by atoms with Crippen LogP contribution in [0.15, 0.2) is 18.2 Å². The van der Waals surface area contributed by atoms with Gasteiger partial charge in [0.1, 0.15) is 0 Å². The van der Waals surface area contributed by atoms with E-state index in [4.69, 9.17) is 5.11 Å². The molecule has 0 aliphatic carbocycles. The van der Waals surface area contributed by atoms with Crippen molar-refractivity contribution in [1.82, 2.24) is 5.32 Å². The first-order valence-electron chi connectivity index (χ1n) is 5.36. The topological polar surface area (TPSA) is 52.5 Å². The second kappa shape index (κ2) is 5.82. The molecule has 3 N–H and O–H groups in total. The molecule has 3 nitrogen and oxygen atoms in total. The molecule has 0 aliphatic rings. The predicted octanol–water partition coefficient (Wildman–Crippen LogP) is 1.64. The second-order valence-electron chi connectivity index (χ2n) is 4.16. The van der Waals surface area contributed by atoms with Crippen LogP contribution in [0.5, 0.6) is 5.75 Å². The monoisotopic (exact) mass is 227 g/mol. The van der Waals surface area contributed by atoms with Crippen LogP contribution in [0, 0.1) is 11.7 Å². The van der Waals surface area contributed by atoms with Crippen LogP contribution >= 0.6 is 0 Å². The van der Waals surface area contributed by atoms with Crippen LogP contribution < -0.4 is 5.32 Å². The Bertz CT molecular complexity index is 342. The van der Waals surface area contributed by atoms with E-state index in [9.17, 15) is 9.50 Å². The minimum atomic E-state index is -0.621. The molecule has 0 spiro atoms. The number of hydrogen-bond acceptors (Lipinski definition) is 3. The molecule has 0 aliphatic heterocycles. The van der Waals surface area contributed by atoms with Crippen LogP contribution in [0.2, 0.25) is 0 Å². The van der Waals surface area contributed by atoms with Gasteiger partial charge in [0.15, 0.2) is 11.6 Å². The van der Waals surface area contributed by atoms with Gasteiger partial charge in [-0.3, -0.25) is 0 Å². The Hall–Kier alpha value is -1.13. The molecule has 0 aromatic heterocycles. The van der Waals surface area contributed by atoms with Crippen LogP contribution in [0.3, 0.4) is 0 Å². The van der Waals surface area contributed by atoms with Crippen molar-refractivity contribution in [3.63, 3.8) is 0 Å². The fourth-order valence-electron chi connectivity index (χ4n) is 1.45. The van der Waals surface area contributed by atoms with Gasteiger partial charge in [0, 0.05) is 18.2 Å². The smallest absolute Gasteiger partial charge is 0.165 e. The molecule has 0 saturated heterocycles. The van der Waals surface area contributed by atoms with Crippen LogP contribution in [0.25, 0.3) is 0 Å². The molecule has 1 unspecified atom stereocenters. The third-order valence-corrected chi connectivity index (χ3v) is 2.63. The number of para-hydroxylation sites is 1. The zero-order valence-corrected chi connectivity index (χ0v) is 9.57. The Kier molecular flexibility index (Phi) is 4.71. The number of nitrogens with one attached hydrogen (secondary N) is 1. The summed E-state index contributed by atoms with van der Waals surface area (Å²) in [7, 11) is 0. The van der Waals surface area contributed by atoms with Crippen molar-refractivity contribution in [2.45, 2.75) is 26.4 Å².